The maximum Gasteiger partial charge on any atom is 0.0468 e. The number of aliphatic hydroxyl groups excluding tert-OH is 1. The van der Waals surface area contributed by atoms with E-state index in [1.54, 1.807) is 0 Å². The summed E-state index contributed by atoms with van der Waals surface area (Å²) in [6, 6.07) is 0.592. The fraction of sp³-hybridized carbons (Fsp3) is 1.00. The van der Waals surface area contributed by atoms with Gasteiger partial charge in [0.1, 0.15) is 0 Å². The average molecular weight is 159 g/mol. The molecule has 0 aromatic heterocycles. The Labute approximate surface area is 70.0 Å². The Bertz CT molecular complexity index is 85.6. The molecule has 0 aliphatic heterocycles. The van der Waals surface area contributed by atoms with Crippen LogP contribution < -0.4 is 5.32 Å². The highest BCUT2D eigenvalue weighted by Gasteiger charge is 2.02. The third kappa shape index (κ3) is 6.32. The second-order valence-electron chi connectivity index (χ2n) is 3.39. The molecule has 0 radical (unpaired) electrons. The highest BCUT2D eigenvalue weighted by atomic mass is 16.3. The first-order chi connectivity index (χ1) is 5.20. The first-order valence-electron chi connectivity index (χ1n) is 4.55. The van der Waals surface area contributed by atoms with Crippen LogP contribution in [0.2, 0.25) is 0 Å². The minimum atomic E-state index is 0.284. The molecule has 0 amide bonds. The highest BCUT2D eigenvalue weighted by molar-refractivity contribution is 4.62. The first kappa shape index (κ1) is 10.9. The van der Waals surface area contributed by atoms with E-state index in [-0.39, 0.29) is 6.61 Å². The summed E-state index contributed by atoms with van der Waals surface area (Å²) in [6.07, 6.45) is 2.44. The van der Waals surface area contributed by atoms with E-state index in [0.717, 1.165) is 6.54 Å². The first-order valence-corrected chi connectivity index (χ1v) is 4.55. The van der Waals surface area contributed by atoms with Crippen molar-refractivity contribution in [1.82, 2.24) is 5.32 Å². The van der Waals surface area contributed by atoms with Crippen LogP contribution in [0, 0.1) is 5.92 Å². The van der Waals surface area contributed by atoms with Gasteiger partial charge in [0.25, 0.3) is 0 Å². The van der Waals surface area contributed by atoms with Crippen molar-refractivity contribution in [2.24, 2.45) is 5.92 Å². The lowest BCUT2D eigenvalue weighted by Gasteiger charge is -2.15. The quantitative estimate of drug-likeness (QED) is 0.614. The fourth-order valence-corrected chi connectivity index (χ4v) is 1.00. The molecule has 2 heteroatoms. The van der Waals surface area contributed by atoms with Crippen LogP contribution in [0.15, 0.2) is 0 Å². The predicted octanol–water partition coefficient (Wildman–Crippen LogP) is 1.39. The summed E-state index contributed by atoms with van der Waals surface area (Å²) in [7, 11) is 0. The molecule has 2 unspecified atom stereocenters. The van der Waals surface area contributed by atoms with Gasteiger partial charge in [0.05, 0.1) is 0 Å². The average Bonchev–Trinajstić information content (AvgIpc) is 2.01. The van der Waals surface area contributed by atoms with Crippen molar-refractivity contribution in [2.45, 2.75) is 39.7 Å². The Balaban J connectivity index is 3.22. The Morgan fingerprint density at radius 2 is 2.00 bits per heavy atom. The summed E-state index contributed by atoms with van der Waals surface area (Å²) in [5.74, 6) is 0.384. The molecule has 0 heterocycles. The van der Waals surface area contributed by atoms with E-state index in [0.29, 0.717) is 12.0 Å². The van der Waals surface area contributed by atoms with Crippen LogP contribution in [0.25, 0.3) is 0 Å². The lowest BCUT2D eigenvalue weighted by molar-refractivity contribution is 0.230. The van der Waals surface area contributed by atoms with Gasteiger partial charge in [-0.15, -0.1) is 0 Å². The number of rotatable bonds is 6. The molecule has 2 atom stereocenters. The van der Waals surface area contributed by atoms with E-state index in [9.17, 15) is 0 Å². The number of nitrogens with one attached hydrogen (secondary N) is 1. The van der Waals surface area contributed by atoms with Gasteiger partial charge in [-0.2, -0.15) is 0 Å². The van der Waals surface area contributed by atoms with Crippen LogP contribution in [-0.4, -0.2) is 24.3 Å². The van der Waals surface area contributed by atoms with E-state index in [1.807, 2.05) is 6.92 Å². The molecule has 0 rings (SSSR count). The van der Waals surface area contributed by atoms with Crippen LogP contribution in [0.4, 0.5) is 0 Å². The Morgan fingerprint density at radius 3 is 2.45 bits per heavy atom. The molecular formula is C9H21NO. The van der Waals surface area contributed by atoms with Crippen LogP contribution in [-0.2, 0) is 0 Å². The Hall–Kier alpha value is -0.0800. The summed E-state index contributed by atoms with van der Waals surface area (Å²) in [5.41, 5.74) is 0. The van der Waals surface area contributed by atoms with E-state index < -0.39 is 0 Å². The fourth-order valence-electron chi connectivity index (χ4n) is 1.00. The molecular weight excluding hydrogens is 138 g/mol. The minimum absolute atomic E-state index is 0.284. The maximum absolute atomic E-state index is 8.74. The van der Waals surface area contributed by atoms with Gasteiger partial charge in [-0.3, -0.25) is 0 Å². The van der Waals surface area contributed by atoms with Gasteiger partial charge in [-0.1, -0.05) is 20.3 Å². The van der Waals surface area contributed by atoms with E-state index in [1.165, 1.54) is 12.8 Å². The van der Waals surface area contributed by atoms with Crippen molar-refractivity contribution in [3.8, 4) is 0 Å². The van der Waals surface area contributed by atoms with Crippen LogP contribution >= 0.6 is 0 Å². The zero-order valence-electron chi connectivity index (χ0n) is 7.93. The number of aliphatic hydroxyl groups is 1. The minimum Gasteiger partial charge on any atom is -0.396 e. The molecule has 0 bridgehead atoms. The van der Waals surface area contributed by atoms with Crippen LogP contribution in [0.3, 0.4) is 0 Å². The van der Waals surface area contributed by atoms with E-state index in [4.69, 9.17) is 5.11 Å². The molecule has 0 aliphatic carbocycles. The highest BCUT2D eigenvalue weighted by Crippen LogP contribution is 1.96. The lowest BCUT2D eigenvalue weighted by atomic mass is 10.1. The van der Waals surface area contributed by atoms with Crippen molar-refractivity contribution in [3.05, 3.63) is 0 Å². The summed E-state index contributed by atoms with van der Waals surface area (Å²) >= 11 is 0. The number of hydrogen-bond donors (Lipinski definition) is 2. The zero-order valence-corrected chi connectivity index (χ0v) is 7.93. The van der Waals surface area contributed by atoms with Gasteiger partial charge in [0, 0.05) is 19.2 Å². The maximum atomic E-state index is 8.74. The van der Waals surface area contributed by atoms with E-state index in [2.05, 4.69) is 19.2 Å². The predicted molar refractivity (Wildman–Crippen MR) is 48.6 cm³/mol. The van der Waals surface area contributed by atoms with Crippen molar-refractivity contribution in [2.75, 3.05) is 13.2 Å². The summed E-state index contributed by atoms with van der Waals surface area (Å²) < 4.78 is 0. The Kier molecular flexibility index (Phi) is 6.57. The smallest absolute Gasteiger partial charge is 0.0468 e. The molecule has 0 aromatic rings. The Morgan fingerprint density at radius 1 is 1.36 bits per heavy atom. The van der Waals surface area contributed by atoms with Crippen LogP contribution in [0.1, 0.15) is 33.6 Å². The monoisotopic (exact) mass is 159 g/mol. The lowest BCUT2D eigenvalue weighted by Crippen LogP contribution is -2.31. The third-order valence-electron chi connectivity index (χ3n) is 1.85. The normalized spacial score (nSPS) is 16.4. The van der Waals surface area contributed by atoms with Gasteiger partial charge in [0.2, 0.25) is 0 Å². The standard InChI is InChI=1S/C9H21NO/c1-4-5-9(3)10-6-8(2)7-11/h8-11H,4-7H2,1-3H3. The summed E-state index contributed by atoms with van der Waals surface area (Å²) in [5, 5.41) is 12.1. The second kappa shape index (κ2) is 6.62. The molecule has 0 saturated heterocycles. The van der Waals surface area contributed by atoms with E-state index >= 15 is 0 Å². The van der Waals surface area contributed by atoms with Gasteiger partial charge >= 0.3 is 0 Å². The third-order valence-corrected chi connectivity index (χ3v) is 1.85. The molecule has 0 spiro atoms. The largest absolute Gasteiger partial charge is 0.396 e. The topological polar surface area (TPSA) is 32.3 Å². The molecule has 2 N–H and O–H groups in total. The summed E-state index contributed by atoms with van der Waals surface area (Å²) in [6.45, 7) is 7.64. The zero-order chi connectivity index (χ0) is 8.69. The molecule has 0 fully saturated rings. The van der Waals surface area contributed by atoms with Gasteiger partial charge < -0.3 is 10.4 Å². The molecule has 0 aromatic carbocycles. The van der Waals surface area contributed by atoms with Crippen molar-refractivity contribution in [3.63, 3.8) is 0 Å². The van der Waals surface area contributed by atoms with Crippen molar-refractivity contribution in [1.29, 1.82) is 0 Å². The summed E-state index contributed by atoms with van der Waals surface area (Å²) in [4.78, 5) is 0. The molecule has 2 nitrogen and oxygen atoms in total. The van der Waals surface area contributed by atoms with Crippen molar-refractivity contribution >= 4 is 0 Å². The molecule has 0 saturated carbocycles. The van der Waals surface area contributed by atoms with Crippen molar-refractivity contribution < 1.29 is 5.11 Å². The molecule has 0 aliphatic rings. The molecule has 68 valence electrons. The second-order valence-corrected chi connectivity index (χ2v) is 3.39. The molecule has 11 heavy (non-hydrogen) atoms. The van der Waals surface area contributed by atoms with Gasteiger partial charge in [-0.05, 0) is 19.3 Å². The SMILES string of the molecule is CCCC(C)NCC(C)CO. The van der Waals surface area contributed by atoms with Crippen LogP contribution in [0.5, 0.6) is 0 Å². The number of hydrogen-bond acceptors (Lipinski definition) is 2. The van der Waals surface area contributed by atoms with Gasteiger partial charge in [0.15, 0.2) is 0 Å². The van der Waals surface area contributed by atoms with Gasteiger partial charge in [-0.25, -0.2) is 0 Å².